The van der Waals surface area contributed by atoms with Gasteiger partial charge in [0.25, 0.3) is 0 Å². The lowest BCUT2D eigenvalue weighted by atomic mass is 10.3. The van der Waals surface area contributed by atoms with Gasteiger partial charge in [0.15, 0.2) is 5.96 Å². The van der Waals surface area contributed by atoms with Crippen molar-refractivity contribution in [1.82, 2.24) is 25.2 Å². The second-order valence-corrected chi connectivity index (χ2v) is 6.57. The molecule has 0 radical (unpaired) electrons. The Kier molecular flexibility index (Phi) is 5.79. The fourth-order valence-electron chi connectivity index (χ4n) is 2.32. The summed E-state index contributed by atoms with van der Waals surface area (Å²) in [4.78, 5) is 14.5. The molecular formula is C18H22N6S. The van der Waals surface area contributed by atoms with Crippen LogP contribution in [0.3, 0.4) is 0 Å². The number of nitrogens with one attached hydrogen (secondary N) is 2. The van der Waals surface area contributed by atoms with Gasteiger partial charge < -0.3 is 10.6 Å². The number of rotatable bonds is 6. The van der Waals surface area contributed by atoms with E-state index in [2.05, 4.69) is 50.9 Å². The first-order valence-electron chi connectivity index (χ1n) is 8.24. The van der Waals surface area contributed by atoms with Crippen molar-refractivity contribution in [3.63, 3.8) is 0 Å². The number of hydrogen-bond donors (Lipinski definition) is 2. The van der Waals surface area contributed by atoms with E-state index in [0.717, 1.165) is 30.4 Å². The summed E-state index contributed by atoms with van der Waals surface area (Å²) < 4.78 is 1.88. The number of aliphatic imine (C=N–C) groups is 1. The number of imidazole rings is 1. The van der Waals surface area contributed by atoms with E-state index in [1.807, 2.05) is 29.1 Å². The highest BCUT2D eigenvalue weighted by molar-refractivity contribution is 7.10. The van der Waals surface area contributed by atoms with Crippen molar-refractivity contribution in [2.75, 3.05) is 6.54 Å². The minimum atomic E-state index is 0.579. The predicted molar refractivity (Wildman–Crippen MR) is 102 cm³/mol. The normalized spacial score (nSPS) is 11.5. The fraction of sp³-hybridized carbons (Fsp3) is 0.278. The van der Waals surface area contributed by atoms with E-state index in [1.165, 1.54) is 10.4 Å². The smallest absolute Gasteiger partial charge is 0.191 e. The molecule has 0 spiro atoms. The van der Waals surface area contributed by atoms with E-state index in [-0.39, 0.29) is 0 Å². The number of aryl methyl sites for hydroxylation is 1. The summed E-state index contributed by atoms with van der Waals surface area (Å²) in [5.74, 6) is 1.66. The van der Waals surface area contributed by atoms with Crippen LogP contribution in [0.5, 0.6) is 0 Å². The minimum Gasteiger partial charge on any atom is -0.357 e. The SMILES string of the molecule is CCNC(=NCc1ccc(-n2ccnc2)nc1)NCc1sccc1C. The molecule has 0 aliphatic carbocycles. The van der Waals surface area contributed by atoms with E-state index in [1.54, 1.807) is 23.9 Å². The maximum Gasteiger partial charge on any atom is 0.191 e. The molecular weight excluding hydrogens is 332 g/mol. The molecule has 0 atom stereocenters. The van der Waals surface area contributed by atoms with Gasteiger partial charge in [-0.1, -0.05) is 6.07 Å². The van der Waals surface area contributed by atoms with Crippen LogP contribution < -0.4 is 10.6 Å². The lowest BCUT2D eigenvalue weighted by Gasteiger charge is -2.11. The highest BCUT2D eigenvalue weighted by Gasteiger charge is 2.03. The summed E-state index contributed by atoms with van der Waals surface area (Å²) in [6, 6.07) is 6.15. The standard InChI is InChI=1S/C18H22N6S/c1-3-20-18(23-12-16-14(2)6-9-25-16)22-11-15-4-5-17(21-10-15)24-8-7-19-13-24/h4-10,13H,3,11-12H2,1-2H3,(H2,20,22,23). The quantitative estimate of drug-likeness (QED) is 0.528. The third kappa shape index (κ3) is 4.67. The Labute approximate surface area is 151 Å². The van der Waals surface area contributed by atoms with Crippen LogP contribution in [0.4, 0.5) is 0 Å². The summed E-state index contributed by atoms with van der Waals surface area (Å²) in [7, 11) is 0. The van der Waals surface area contributed by atoms with Crippen molar-refractivity contribution in [2.45, 2.75) is 26.9 Å². The zero-order valence-electron chi connectivity index (χ0n) is 14.4. The van der Waals surface area contributed by atoms with Crippen molar-refractivity contribution in [1.29, 1.82) is 0 Å². The number of hydrogen-bond acceptors (Lipinski definition) is 4. The van der Waals surface area contributed by atoms with Gasteiger partial charge in [0, 0.05) is 30.0 Å². The molecule has 0 aliphatic rings. The molecule has 3 aromatic rings. The van der Waals surface area contributed by atoms with Crippen LogP contribution >= 0.6 is 11.3 Å². The Morgan fingerprint density at radius 2 is 2.20 bits per heavy atom. The average molecular weight is 354 g/mol. The molecule has 6 nitrogen and oxygen atoms in total. The number of nitrogens with zero attached hydrogens (tertiary/aromatic N) is 4. The van der Waals surface area contributed by atoms with Gasteiger partial charge in [-0.3, -0.25) is 4.57 Å². The van der Waals surface area contributed by atoms with E-state index < -0.39 is 0 Å². The van der Waals surface area contributed by atoms with Crippen LogP contribution in [0.15, 0.2) is 53.5 Å². The lowest BCUT2D eigenvalue weighted by molar-refractivity contribution is 0.820. The first-order chi connectivity index (χ1) is 12.3. The van der Waals surface area contributed by atoms with Crippen molar-refractivity contribution in [3.8, 4) is 5.82 Å². The molecule has 0 saturated carbocycles. The second kappa shape index (κ2) is 8.43. The van der Waals surface area contributed by atoms with Gasteiger partial charge in [-0.05, 0) is 42.5 Å². The number of aromatic nitrogens is 3. The Hall–Kier alpha value is -2.67. The summed E-state index contributed by atoms with van der Waals surface area (Å²) in [6.07, 6.45) is 7.20. The van der Waals surface area contributed by atoms with Gasteiger partial charge in [-0.15, -0.1) is 11.3 Å². The van der Waals surface area contributed by atoms with Gasteiger partial charge in [0.05, 0.1) is 13.1 Å². The van der Waals surface area contributed by atoms with Crippen molar-refractivity contribution < 1.29 is 0 Å². The van der Waals surface area contributed by atoms with E-state index in [4.69, 9.17) is 0 Å². The van der Waals surface area contributed by atoms with Gasteiger partial charge in [-0.2, -0.15) is 0 Å². The Balaban J connectivity index is 1.61. The van der Waals surface area contributed by atoms with Crippen molar-refractivity contribution in [2.24, 2.45) is 4.99 Å². The molecule has 130 valence electrons. The molecule has 0 aliphatic heterocycles. The first-order valence-corrected chi connectivity index (χ1v) is 9.12. The molecule has 0 amide bonds. The fourth-order valence-corrected chi connectivity index (χ4v) is 3.16. The maximum absolute atomic E-state index is 4.65. The largest absolute Gasteiger partial charge is 0.357 e. The first kappa shape index (κ1) is 17.2. The van der Waals surface area contributed by atoms with Gasteiger partial charge in [-0.25, -0.2) is 15.0 Å². The van der Waals surface area contributed by atoms with E-state index >= 15 is 0 Å². The summed E-state index contributed by atoms with van der Waals surface area (Å²) in [6.45, 7) is 6.39. The van der Waals surface area contributed by atoms with E-state index in [0.29, 0.717) is 6.54 Å². The molecule has 0 bridgehead atoms. The van der Waals surface area contributed by atoms with Crippen LogP contribution in [0.2, 0.25) is 0 Å². The molecule has 0 fully saturated rings. The highest BCUT2D eigenvalue weighted by atomic mass is 32.1. The third-order valence-electron chi connectivity index (χ3n) is 3.73. The predicted octanol–water partition coefficient (Wildman–Crippen LogP) is 2.89. The molecule has 3 rings (SSSR count). The van der Waals surface area contributed by atoms with Crippen molar-refractivity contribution in [3.05, 3.63) is 64.5 Å². The van der Waals surface area contributed by atoms with Crippen LogP contribution in [0.25, 0.3) is 5.82 Å². The summed E-state index contributed by atoms with van der Waals surface area (Å²) in [5, 5.41) is 8.78. The minimum absolute atomic E-state index is 0.579. The third-order valence-corrected chi connectivity index (χ3v) is 4.75. The Bertz CT molecular complexity index is 804. The van der Waals surface area contributed by atoms with Crippen LogP contribution in [-0.4, -0.2) is 27.0 Å². The Morgan fingerprint density at radius 1 is 1.28 bits per heavy atom. The van der Waals surface area contributed by atoms with Crippen molar-refractivity contribution >= 4 is 17.3 Å². The van der Waals surface area contributed by atoms with Gasteiger partial charge >= 0.3 is 0 Å². The molecule has 0 saturated heterocycles. The average Bonchev–Trinajstić information content (AvgIpc) is 3.30. The van der Waals surface area contributed by atoms with Crippen LogP contribution in [-0.2, 0) is 13.1 Å². The zero-order chi connectivity index (χ0) is 17.5. The number of thiophene rings is 1. The van der Waals surface area contributed by atoms with Crippen LogP contribution in [0.1, 0.15) is 22.9 Å². The number of guanidine groups is 1. The molecule has 3 heterocycles. The summed E-state index contributed by atoms with van der Waals surface area (Å²) in [5.41, 5.74) is 2.38. The molecule has 2 N–H and O–H groups in total. The maximum atomic E-state index is 4.65. The molecule has 0 unspecified atom stereocenters. The highest BCUT2D eigenvalue weighted by Crippen LogP contribution is 2.14. The number of pyridine rings is 1. The molecule has 25 heavy (non-hydrogen) atoms. The van der Waals surface area contributed by atoms with Gasteiger partial charge in [0.1, 0.15) is 12.1 Å². The monoisotopic (exact) mass is 354 g/mol. The lowest BCUT2D eigenvalue weighted by Crippen LogP contribution is -2.36. The van der Waals surface area contributed by atoms with Gasteiger partial charge in [0.2, 0.25) is 0 Å². The topological polar surface area (TPSA) is 67.1 Å². The van der Waals surface area contributed by atoms with E-state index in [9.17, 15) is 0 Å². The molecule has 7 heteroatoms. The molecule has 0 aromatic carbocycles. The molecule has 3 aromatic heterocycles. The van der Waals surface area contributed by atoms with Crippen LogP contribution in [0, 0.1) is 6.92 Å². The second-order valence-electron chi connectivity index (χ2n) is 5.57. The summed E-state index contributed by atoms with van der Waals surface area (Å²) >= 11 is 1.76. The zero-order valence-corrected chi connectivity index (χ0v) is 15.3. The Morgan fingerprint density at radius 3 is 2.84 bits per heavy atom.